The Morgan fingerprint density at radius 3 is 1.49 bits per heavy atom. The summed E-state index contributed by atoms with van der Waals surface area (Å²) in [5.41, 5.74) is 24.4. The minimum absolute atomic E-state index is 0. The Bertz CT molecular complexity index is 4710. The molecule has 2 aliphatic rings. The van der Waals surface area contributed by atoms with Crippen LogP contribution in [0.15, 0.2) is 291 Å². The standard InChI is InChI=1S/C82H58BN4O.Pt/c1-82(2,3)65-43-44-84-79(51-65)87-75-37-20-19-33-71(75)72-41-39-67(52-77(72)87)88-68-40-42-73-78(53-68)86-54-85(76-38-22-36-74(81(76)86)83(73)66-31-17-8-18-32-66)80-69(63-47-59(55-23-9-4-10-24-55)45-60(48-63)56-25-11-5-12-26-56)34-21-35-70(80)64-49-61(57-27-13-6-14-28-57)46-62(50-64)58-29-15-7-16-30-58;/h4-51,54H,1-3H3;/q-3;. The summed E-state index contributed by atoms with van der Waals surface area (Å²) >= 11 is 0. The van der Waals surface area contributed by atoms with Crippen LogP contribution in [0.1, 0.15) is 26.3 Å². The molecular formula is C82H58BN4OPt-3. The number of hydrogen-bond acceptors (Lipinski definition) is 4. The summed E-state index contributed by atoms with van der Waals surface area (Å²) in [5.74, 6) is 2.01. The summed E-state index contributed by atoms with van der Waals surface area (Å²) in [4.78, 5) is 9.75. The first-order valence-electron chi connectivity index (χ1n) is 30.2. The molecule has 0 N–H and O–H groups in total. The van der Waals surface area contributed by atoms with Crippen molar-refractivity contribution >= 4 is 67.7 Å². The molecule has 428 valence electrons. The summed E-state index contributed by atoms with van der Waals surface area (Å²) in [7, 11) is 0. The van der Waals surface area contributed by atoms with Crippen LogP contribution < -0.4 is 30.9 Å². The SMILES string of the molecule is CC(C)(C)c1ccnc(-n2c3[c-]c(Oc4[c-]c5c(cc4)B(c4ccccc4)c4cccc6c4N5[CH-]N6c4c(-c5cc(-c6ccccc6)cc(-c6ccccc6)c5)cccc4-c4cc(-c5ccccc5)cc(-c5ccccc5)c4)ccc3c3ccccc32)c1.[Pt]. The molecule has 0 amide bonds. The molecule has 0 spiro atoms. The second kappa shape index (κ2) is 22.8. The van der Waals surface area contributed by atoms with Gasteiger partial charge in [0.25, 0.3) is 0 Å². The molecule has 0 aliphatic carbocycles. The summed E-state index contributed by atoms with van der Waals surface area (Å²) < 4.78 is 9.23. The Hall–Kier alpha value is -10.3. The van der Waals surface area contributed by atoms with E-state index in [1.807, 2.05) is 12.3 Å². The van der Waals surface area contributed by atoms with Crippen molar-refractivity contribution in [3.8, 4) is 84.1 Å². The number of nitrogens with zero attached hydrogens (tertiary/aromatic N) is 4. The fourth-order valence-corrected chi connectivity index (χ4v) is 13.3. The van der Waals surface area contributed by atoms with E-state index in [1.165, 1.54) is 16.5 Å². The predicted molar refractivity (Wildman–Crippen MR) is 367 cm³/mol. The molecule has 16 rings (SSSR count). The number of aromatic nitrogens is 2. The molecule has 2 aliphatic heterocycles. The number of benzene rings is 12. The molecule has 7 heteroatoms. The van der Waals surface area contributed by atoms with Crippen LogP contribution in [0.3, 0.4) is 0 Å². The first-order chi connectivity index (χ1) is 43.3. The van der Waals surface area contributed by atoms with Crippen LogP contribution in [0.4, 0.5) is 22.7 Å². The van der Waals surface area contributed by atoms with Crippen LogP contribution >= 0.6 is 0 Å². The van der Waals surface area contributed by atoms with Crippen molar-refractivity contribution < 1.29 is 25.8 Å². The Morgan fingerprint density at radius 1 is 0.416 bits per heavy atom. The number of pyridine rings is 1. The number of rotatable bonds is 11. The van der Waals surface area contributed by atoms with Crippen LogP contribution in [0.5, 0.6) is 11.5 Å². The Morgan fingerprint density at radius 2 is 0.921 bits per heavy atom. The van der Waals surface area contributed by atoms with E-state index >= 15 is 0 Å². The van der Waals surface area contributed by atoms with Crippen molar-refractivity contribution in [2.75, 3.05) is 9.80 Å². The minimum Gasteiger partial charge on any atom is -0.509 e. The molecule has 0 bridgehead atoms. The van der Waals surface area contributed by atoms with Crippen LogP contribution in [0.2, 0.25) is 0 Å². The monoisotopic (exact) mass is 1320 g/mol. The average molecular weight is 1320 g/mol. The molecule has 12 aromatic carbocycles. The van der Waals surface area contributed by atoms with Crippen molar-refractivity contribution in [2.45, 2.75) is 26.2 Å². The number of ether oxygens (including phenoxy) is 1. The van der Waals surface area contributed by atoms with Gasteiger partial charge in [0, 0.05) is 72.5 Å². The van der Waals surface area contributed by atoms with E-state index in [0.29, 0.717) is 11.5 Å². The van der Waals surface area contributed by atoms with Crippen LogP contribution in [-0.2, 0) is 26.5 Å². The fourth-order valence-electron chi connectivity index (χ4n) is 13.3. The van der Waals surface area contributed by atoms with E-state index in [2.05, 4.69) is 333 Å². The van der Waals surface area contributed by atoms with Gasteiger partial charge in [-0.1, -0.05) is 237 Å². The van der Waals surface area contributed by atoms with Crippen molar-refractivity contribution in [1.82, 2.24) is 9.55 Å². The molecular weight excluding hydrogens is 1260 g/mol. The average Bonchev–Trinajstić information content (AvgIpc) is 1.71. The zero-order chi connectivity index (χ0) is 58.9. The minimum atomic E-state index is -0.0993. The maximum Gasteiger partial charge on any atom is 0.180 e. The van der Waals surface area contributed by atoms with Crippen molar-refractivity contribution in [2.24, 2.45) is 0 Å². The molecule has 0 saturated carbocycles. The molecule has 4 heterocycles. The van der Waals surface area contributed by atoms with Crippen molar-refractivity contribution in [1.29, 1.82) is 0 Å². The zero-order valence-corrected chi connectivity index (χ0v) is 51.7. The van der Waals surface area contributed by atoms with Crippen LogP contribution in [-0.4, -0.2) is 16.3 Å². The Kier molecular flexibility index (Phi) is 14.2. The normalized spacial score (nSPS) is 12.5. The van der Waals surface area contributed by atoms with Gasteiger partial charge in [0.1, 0.15) is 5.82 Å². The molecule has 0 unspecified atom stereocenters. The number of para-hydroxylation sites is 3. The molecule has 5 nitrogen and oxygen atoms in total. The molecule has 89 heavy (non-hydrogen) atoms. The van der Waals surface area contributed by atoms with Gasteiger partial charge in [-0.3, -0.25) is 0 Å². The first kappa shape index (κ1) is 55.3. The molecule has 0 atom stereocenters. The molecule has 14 aromatic rings. The number of anilines is 4. The van der Waals surface area contributed by atoms with Gasteiger partial charge in [-0.2, -0.15) is 12.1 Å². The summed E-state index contributed by atoms with van der Waals surface area (Å²) in [6.07, 6.45) is 1.91. The fraction of sp³-hybridized carbons (Fsp3) is 0.0488. The van der Waals surface area contributed by atoms with Gasteiger partial charge in [-0.15, -0.1) is 47.5 Å². The third kappa shape index (κ3) is 10.0. The van der Waals surface area contributed by atoms with Crippen LogP contribution in [0.25, 0.3) is 94.4 Å². The third-order valence-corrected chi connectivity index (χ3v) is 17.5. The van der Waals surface area contributed by atoms with Gasteiger partial charge >= 0.3 is 0 Å². The van der Waals surface area contributed by atoms with Gasteiger partial charge in [0.2, 0.25) is 0 Å². The van der Waals surface area contributed by atoms with E-state index in [-0.39, 0.29) is 33.2 Å². The molecule has 0 radical (unpaired) electrons. The van der Waals surface area contributed by atoms with Gasteiger partial charge in [-0.05, 0) is 133 Å². The van der Waals surface area contributed by atoms with Gasteiger partial charge in [0.15, 0.2) is 6.71 Å². The molecule has 0 saturated heterocycles. The third-order valence-electron chi connectivity index (χ3n) is 17.5. The predicted octanol–water partition coefficient (Wildman–Crippen LogP) is 19.1. The van der Waals surface area contributed by atoms with E-state index in [1.54, 1.807) is 0 Å². The zero-order valence-electron chi connectivity index (χ0n) is 49.4. The maximum atomic E-state index is 7.01. The Balaban J connectivity index is 0.00000663. The second-order valence-corrected chi connectivity index (χ2v) is 24.0. The summed E-state index contributed by atoms with van der Waals surface area (Å²) in [5, 5.41) is 2.21. The first-order valence-corrected chi connectivity index (χ1v) is 30.2. The summed E-state index contributed by atoms with van der Waals surface area (Å²) in [6, 6.07) is 111. The smallest absolute Gasteiger partial charge is 0.180 e. The quantitative estimate of drug-likeness (QED) is 0.0955. The van der Waals surface area contributed by atoms with E-state index in [0.717, 1.165) is 123 Å². The van der Waals surface area contributed by atoms with Crippen molar-refractivity contribution in [3.05, 3.63) is 316 Å². The van der Waals surface area contributed by atoms with Gasteiger partial charge in [0.05, 0.1) is 0 Å². The van der Waals surface area contributed by atoms with Gasteiger partial charge < -0.3 is 19.1 Å². The van der Waals surface area contributed by atoms with E-state index < -0.39 is 0 Å². The van der Waals surface area contributed by atoms with Crippen LogP contribution in [0, 0.1) is 18.8 Å². The summed E-state index contributed by atoms with van der Waals surface area (Å²) in [6.45, 7) is 8.91. The topological polar surface area (TPSA) is 33.5 Å². The van der Waals surface area contributed by atoms with E-state index in [9.17, 15) is 0 Å². The molecule has 0 fully saturated rings. The second-order valence-electron chi connectivity index (χ2n) is 24.0. The number of hydrogen-bond donors (Lipinski definition) is 0. The number of fused-ring (bicyclic) bond motifs is 5. The molecule has 2 aromatic heterocycles. The van der Waals surface area contributed by atoms with Crippen molar-refractivity contribution in [3.63, 3.8) is 0 Å². The maximum absolute atomic E-state index is 7.01. The largest absolute Gasteiger partial charge is 0.509 e. The van der Waals surface area contributed by atoms with E-state index in [4.69, 9.17) is 9.72 Å². The van der Waals surface area contributed by atoms with Gasteiger partial charge in [-0.25, -0.2) is 4.98 Å². The Labute approximate surface area is 535 Å².